The van der Waals surface area contributed by atoms with Gasteiger partial charge in [0.05, 0.1) is 22.1 Å². The first-order valence-electron chi connectivity index (χ1n) is 11.4. The van der Waals surface area contributed by atoms with Crippen LogP contribution in [0.4, 0.5) is 5.69 Å². The second-order valence-corrected chi connectivity index (χ2v) is 11.1. The lowest BCUT2D eigenvalue weighted by Gasteiger charge is -2.39. The molecule has 1 saturated heterocycles. The summed E-state index contributed by atoms with van der Waals surface area (Å²) in [4.78, 5) is 12.0. The Morgan fingerprint density at radius 3 is 2.34 bits per heavy atom. The van der Waals surface area contributed by atoms with Gasteiger partial charge in [-0.1, -0.05) is 20.8 Å². The number of hydrogen-bond acceptors (Lipinski definition) is 5. The average Bonchev–Trinajstić information content (AvgIpc) is 2.99. The van der Waals surface area contributed by atoms with Gasteiger partial charge in [-0.25, -0.2) is 9.97 Å². The second kappa shape index (κ2) is 6.91. The Morgan fingerprint density at radius 1 is 0.969 bits per heavy atom. The van der Waals surface area contributed by atoms with Gasteiger partial charge in [0.2, 0.25) is 0 Å². The number of thiocarbonyl (C=S) groups is 1. The van der Waals surface area contributed by atoms with Crippen molar-refractivity contribution in [1.82, 2.24) is 14.9 Å². The van der Waals surface area contributed by atoms with Gasteiger partial charge >= 0.3 is 0 Å². The van der Waals surface area contributed by atoms with Gasteiger partial charge in [0.15, 0.2) is 16.6 Å². The summed E-state index contributed by atoms with van der Waals surface area (Å²) in [7, 11) is 0. The van der Waals surface area contributed by atoms with Crippen molar-refractivity contribution in [2.75, 3.05) is 25.1 Å². The molecule has 2 atom stereocenters. The molecule has 166 valence electrons. The van der Waals surface area contributed by atoms with E-state index in [0.29, 0.717) is 30.1 Å². The SMILES string of the molecule is CC1(C)C[C@H]2C[C@@](C)(CN2C(=S)Nc2ccc3nc4cc5c(cc4nc3c2)OCCO5)C1. The van der Waals surface area contributed by atoms with Crippen LogP contribution in [0, 0.1) is 10.8 Å². The Bertz CT molecular complexity index is 1260. The molecule has 3 aliphatic rings. The highest BCUT2D eigenvalue weighted by atomic mass is 32.1. The minimum absolute atomic E-state index is 0.344. The number of nitrogens with one attached hydrogen (secondary N) is 1. The molecule has 2 bridgehead atoms. The monoisotopic (exact) mass is 448 g/mol. The summed E-state index contributed by atoms with van der Waals surface area (Å²) >= 11 is 5.86. The number of aromatic nitrogens is 2. The lowest BCUT2D eigenvalue weighted by Crippen LogP contribution is -2.39. The molecule has 1 N–H and O–H groups in total. The molecule has 1 saturated carbocycles. The van der Waals surface area contributed by atoms with Crippen LogP contribution in [0.3, 0.4) is 0 Å². The quantitative estimate of drug-likeness (QED) is 0.408. The fraction of sp³-hybridized carbons (Fsp3) is 0.480. The second-order valence-electron chi connectivity index (χ2n) is 10.7. The van der Waals surface area contributed by atoms with E-state index in [1.54, 1.807) is 0 Å². The van der Waals surface area contributed by atoms with E-state index < -0.39 is 0 Å². The third kappa shape index (κ3) is 3.43. The van der Waals surface area contributed by atoms with Gasteiger partial charge in [-0.3, -0.25) is 0 Å². The van der Waals surface area contributed by atoms with Gasteiger partial charge in [0, 0.05) is 30.4 Å². The largest absolute Gasteiger partial charge is 0.486 e. The molecule has 3 aromatic rings. The maximum Gasteiger partial charge on any atom is 0.173 e. The number of ether oxygens (including phenoxy) is 2. The Labute approximate surface area is 193 Å². The molecule has 2 fully saturated rings. The van der Waals surface area contributed by atoms with E-state index in [4.69, 9.17) is 31.7 Å². The fourth-order valence-electron chi connectivity index (χ4n) is 6.18. The number of hydrogen-bond donors (Lipinski definition) is 1. The number of rotatable bonds is 1. The van der Waals surface area contributed by atoms with Crippen molar-refractivity contribution < 1.29 is 9.47 Å². The fourth-order valence-corrected chi connectivity index (χ4v) is 6.52. The highest BCUT2D eigenvalue weighted by Crippen LogP contribution is 2.52. The minimum atomic E-state index is 0.344. The maximum absolute atomic E-state index is 5.86. The predicted octanol–water partition coefficient (Wildman–Crippen LogP) is 5.15. The molecule has 0 unspecified atom stereocenters. The molecular formula is C25H28N4O2S. The van der Waals surface area contributed by atoms with Crippen molar-refractivity contribution in [3.05, 3.63) is 30.3 Å². The summed E-state index contributed by atoms with van der Waals surface area (Å²) in [6.07, 6.45) is 3.67. The molecule has 0 amide bonds. The average molecular weight is 449 g/mol. The van der Waals surface area contributed by atoms with E-state index in [2.05, 4.69) is 31.0 Å². The lowest BCUT2D eigenvalue weighted by atomic mass is 9.65. The van der Waals surface area contributed by atoms with Crippen molar-refractivity contribution in [3.63, 3.8) is 0 Å². The number of fused-ring (bicyclic) bond motifs is 5. The molecule has 0 spiro atoms. The van der Waals surface area contributed by atoms with E-state index in [1.807, 2.05) is 30.3 Å². The van der Waals surface area contributed by atoms with Crippen molar-refractivity contribution in [1.29, 1.82) is 0 Å². The molecule has 1 aliphatic carbocycles. The van der Waals surface area contributed by atoms with Crippen LogP contribution in [-0.4, -0.2) is 45.8 Å². The highest BCUT2D eigenvalue weighted by molar-refractivity contribution is 7.80. The molecule has 1 aromatic heterocycles. The summed E-state index contributed by atoms with van der Waals surface area (Å²) in [6, 6.07) is 10.4. The number of benzene rings is 2. The molecule has 32 heavy (non-hydrogen) atoms. The Morgan fingerprint density at radius 2 is 1.62 bits per heavy atom. The zero-order valence-electron chi connectivity index (χ0n) is 18.8. The number of nitrogens with zero attached hydrogens (tertiary/aromatic N) is 3. The molecule has 2 aliphatic heterocycles. The maximum atomic E-state index is 5.86. The van der Waals surface area contributed by atoms with Crippen molar-refractivity contribution >= 4 is 45.1 Å². The molecule has 3 heterocycles. The van der Waals surface area contributed by atoms with Gasteiger partial charge in [-0.2, -0.15) is 0 Å². The van der Waals surface area contributed by atoms with E-state index in [0.717, 1.165) is 50.9 Å². The van der Waals surface area contributed by atoms with E-state index in [-0.39, 0.29) is 0 Å². The van der Waals surface area contributed by atoms with E-state index in [9.17, 15) is 0 Å². The predicted molar refractivity (Wildman–Crippen MR) is 130 cm³/mol. The van der Waals surface area contributed by atoms with Crippen LogP contribution in [0.1, 0.15) is 40.0 Å². The number of likely N-dealkylation sites (tertiary alicyclic amines) is 1. The minimum Gasteiger partial charge on any atom is -0.486 e. The van der Waals surface area contributed by atoms with Crippen molar-refractivity contribution in [2.24, 2.45) is 10.8 Å². The van der Waals surface area contributed by atoms with Crippen LogP contribution >= 0.6 is 12.2 Å². The van der Waals surface area contributed by atoms with Gasteiger partial charge in [-0.05, 0) is 60.5 Å². The van der Waals surface area contributed by atoms with Gasteiger partial charge in [-0.15, -0.1) is 0 Å². The standard InChI is InChI=1S/C25H28N4O2S/c1-24(2)11-16-12-25(3,13-24)14-29(16)23(32)26-15-4-5-17-18(8-15)28-20-10-22-21(9-19(20)27-17)30-6-7-31-22/h4-5,8-10,16H,6-7,11-14H2,1-3H3,(H,26,32)/t16-,25+/m0/s1. The Kier molecular flexibility index (Phi) is 4.31. The van der Waals surface area contributed by atoms with Gasteiger partial charge in [0.25, 0.3) is 0 Å². The lowest BCUT2D eigenvalue weighted by molar-refractivity contribution is 0.132. The first-order valence-corrected chi connectivity index (χ1v) is 11.8. The van der Waals surface area contributed by atoms with Gasteiger partial charge in [0.1, 0.15) is 13.2 Å². The molecule has 6 nitrogen and oxygen atoms in total. The summed E-state index contributed by atoms with van der Waals surface area (Å²) < 4.78 is 11.4. The van der Waals surface area contributed by atoms with Crippen molar-refractivity contribution in [2.45, 2.75) is 46.1 Å². The molecule has 0 radical (unpaired) electrons. The third-order valence-corrected chi connectivity index (χ3v) is 7.36. The molecule has 6 rings (SSSR count). The van der Waals surface area contributed by atoms with Crippen LogP contribution in [0.2, 0.25) is 0 Å². The van der Waals surface area contributed by atoms with Crippen LogP contribution < -0.4 is 14.8 Å². The zero-order chi connectivity index (χ0) is 22.1. The van der Waals surface area contributed by atoms with Crippen molar-refractivity contribution in [3.8, 4) is 11.5 Å². The van der Waals surface area contributed by atoms with Crippen LogP contribution in [0.25, 0.3) is 22.1 Å². The first kappa shape index (κ1) is 20.0. The Hall–Kier alpha value is -2.67. The summed E-state index contributed by atoms with van der Waals surface area (Å²) in [5.41, 5.74) is 4.93. The van der Waals surface area contributed by atoms with E-state index in [1.165, 1.54) is 19.3 Å². The van der Waals surface area contributed by atoms with Crippen LogP contribution in [-0.2, 0) is 0 Å². The molecule has 2 aromatic carbocycles. The zero-order valence-corrected chi connectivity index (χ0v) is 19.6. The Balaban J connectivity index is 1.28. The molecular weight excluding hydrogens is 420 g/mol. The van der Waals surface area contributed by atoms with Crippen LogP contribution in [0.5, 0.6) is 11.5 Å². The highest BCUT2D eigenvalue weighted by Gasteiger charge is 2.50. The molecule has 7 heteroatoms. The summed E-state index contributed by atoms with van der Waals surface area (Å²) in [6.45, 7) is 9.32. The van der Waals surface area contributed by atoms with E-state index >= 15 is 0 Å². The number of anilines is 1. The summed E-state index contributed by atoms with van der Waals surface area (Å²) in [5, 5.41) is 4.29. The van der Waals surface area contributed by atoms with Gasteiger partial charge < -0.3 is 19.7 Å². The normalized spacial score (nSPS) is 25.8. The topological polar surface area (TPSA) is 59.5 Å². The summed E-state index contributed by atoms with van der Waals surface area (Å²) in [5.74, 6) is 1.46. The smallest absolute Gasteiger partial charge is 0.173 e. The first-order chi connectivity index (χ1) is 15.3. The van der Waals surface area contributed by atoms with Crippen LogP contribution in [0.15, 0.2) is 30.3 Å². The third-order valence-electron chi connectivity index (χ3n) is 7.02.